The van der Waals surface area contributed by atoms with Crippen LogP contribution in [-0.4, -0.2) is 11.7 Å². The number of aliphatic hydroxyl groups excluding tert-OH is 1. The Labute approximate surface area is 93.6 Å². The number of halogens is 1. The van der Waals surface area contributed by atoms with E-state index in [4.69, 9.17) is 5.11 Å². The Morgan fingerprint density at radius 3 is 2.79 bits per heavy atom. The molecule has 1 nitrogen and oxygen atoms in total. The molecule has 0 aliphatic carbocycles. The highest BCUT2D eigenvalue weighted by molar-refractivity contribution is 9.10. The van der Waals surface area contributed by atoms with Crippen LogP contribution in [0.15, 0.2) is 34.3 Å². The molecule has 0 spiro atoms. The summed E-state index contributed by atoms with van der Waals surface area (Å²) in [6.07, 6.45) is 2.76. The predicted molar refractivity (Wildman–Crippen MR) is 63.4 cm³/mol. The minimum Gasteiger partial charge on any atom is -0.392 e. The molecule has 0 heterocycles. The van der Waals surface area contributed by atoms with E-state index < -0.39 is 0 Å². The van der Waals surface area contributed by atoms with Crippen molar-refractivity contribution in [3.63, 3.8) is 0 Å². The molecule has 0 saturated heterocycles. The van der Waals surface area contributed by atoms with Crippen LogP contribution in [0.25, 0.3) is 0 Å². The average molecular weight is 255 g/mol. The molecule has 0 fully saturated rings. The molecule has 14 heavy (non-hydrogen) atoms. The van der Waals surface area contributed by atoms with E-state index in [1.807, 2.05) is 13.0 Å². The zero-order valence-electron chi connectivity index (χ0n) is 8.55. The van der Waals surface area contributed by atoms with Crippen LogP contribution in [0.1, 0.15) is 18.1 Å². The van der Waals surface area contributed by atoms with Gasteiger partial charge in [-0.3, -0.25) is 0 Å². The standard InChI is InChI=1S/C12H15BrO/c1-9(5-6-14)7-11-3-4-12(13)10(2)8-11/h3-5,8,14H,6-7H2,1-2H3/b9-5+. The second-order valence-electron chi connectivity index (χ2n) is 3.49. The molecule has 1 rings (SSSR count). The van der Waals surface area contributed by atoms with Gasteiger partial charge in [-0.2, -0.15) is 0 Å². The Hall–Kier alpha value is -0.600. The van der Waals surface area contributed by atoms with Crippen LogP contribution in [-0.2, 0) is 6.42 Å². The number of allylic oxidation sites excluding steroid dienone is 1. The van der Waals surface area contributed by atoms with Gasteiger partial charge in [-0.15, -0.1) is 0 Å². The SMILES string of the molecule is C/C(=C\CO)Cc1ccc(Br)c(C)c1. The van der Waals surface area contributed by atoms with Gasteiger partial charge in [0.05, 0.1) is 6.61 Å². The van der Waals surface area contributed by atoms with Crippen molar-refractivity contribution in [2.24, 2.45) is 0 Å². The third-order valence-electron chi connectivity index (χ3n) is 2.15. The van der Waals surface area contributed by atoms with Crippen molar-refractivity contribution in [3.8, 4) is 0 Å². The number of aliphatic hydroxyl groups is 1. The van der Waals surface area contributed by atoms with Gasteiger partial charge in [-0.25, -0.2) is 0 Å². The number of benzene rings is 1. The fourth-order valence-corrected chi connectivity index (χ4v) is 1.61. The highest BCUT2D eigenvalue weighted by Gasteiger charge is 1.98. The van der Waals surface area contributed by atoms with Gasteiger partial charge < -0.3 is 5.11 Å². The molecule has 0 aliphatic heterocycles. The molecule has 0 saturated carbocycles. The minimum atomic E-state index is 0.126. The van der Waals surface area contributed by atoms with Crippen molar-refractivity contribution < 1.29 is 5.11 Å². The number of hydrogen-bond acceptors (Lipinski definition) is 1. The van der Waals surface area contributed by atoms with Crippen molar-refractivity contribution >= 4 is 15.9 Å². The molecule has 76 valence electrons. The van der Waals surface area contributed by atoms with Gasteiger partial charge in [-0.05, 0) is 37.5 Å². The zero-order chi connectivity index (χ0) is 10.6. The van der Waals surface area contributed by atoms with Gasteiger partial charge in [0.1, 0.15) is 0 Å². The maximum atomic E-state index is 8.73. The van der Waals surface area contributed by atoms with Crippen molar-refractivity contribution in [3.05, 3.63) is 45.4 Å². The van der Waals surface area contributed by atoms with E-state index in [0.717, 1.165) is 10.9 Å². The van der Waals surface area contributed by atoms with Crippen molar-refractivity contribution in [2.75, 3.05) is 6.61 Å². The Bertz CT molecular complexity index is 342. The van der Waals surface area contributed by atoms with Crippen LogP contribution in [0.5, 0.6) is 0 Å². The summed E-state index contributed by atoms with van der Waals surface area (Å²) in [6.45, 7) is 4.24. The molecule has 0 aliphatic rings. The first-order valence-electron chi connectivity index (χ1n) is 4.65. The number of hydrogen-bond donors (Lipinski definition) is 1. The van der Waals surface area contributed by atoms with Crippen LogP contribution < -0.4 is 0 Å². The first-order valence-corrected chi connectivity index (χ1v) is 5.44. The summed E-state index contributed by atoms with van der Waals surface area (Å²) in [7, 11) is 0. The molecule has 0 aromatic heterocycles. The van der Waals surface area contributed by atoms with Crippen LogP contribution >= 0.6 is 15.9 Å². The van der Waals surface area contributed by atoms with Gasteiger partial charge in [0, 0.05) is 4.47 Å². The maximum absolute atomic E-state index is 8.73. The topological polar surface area (TPSA) is 20.2 Å². The lowest BCUT2D eigenvalue weighted by atomic mass is 10.0. The fourth-order valence-electron chi connectivity index (χ4n) is 1.37. The van der Waals surface area contributed by atoms with Gasteiger partial charge in [0.25, 0.3) is 0 Å². The monoisotopic (exact) mass is 254 g/mol. The van der Waals surface area contributed by atoms with Gasteiger partial charge in [-0.1, -0.05) is 39.7 Å². The quantitative estimate of drug-likeness (QED) is 0.822. The first-order chi connectivity index (χ1) is 6.63. The zero-order valence-corrected chi connectivity index (χ0v) is 10.1. The van der Waals surface area contributed by atoms with Crippen LogP contribution in [0, 0.1) is 6.92 Å². The molecule has 1 aromatic rings. The Kier molecular flexibility index (Phi) is 4.36. The molecule has 0 amide bonds. The Morgan fingerprint density at radius 2 is 2.21 bits per heavy atom. The fraction of sp³-hybridized carbons (Fsp3) is 0.333. The largest absolute Gasteiger partial charge is 0.392 e. The minimum absolute atomic E-state index is 0.126. The van der Waals surface area contributed by atoms with E-state index in [9.17, 15) is 0 Å². The molecule has 2 heteroatoms. The van der Waals surface area contributed by atoms with E-state index in [1.165, 1.54) is 16.7 Å². The Morgan fingerprint density at radius 1 is 1.50 bits per heavy atom. The van der Waals surface area contributed by atoms with Crippen LogP contribution in [0.2, 0.25) is 0 Å². The maximum Gasteiger partial charge on any atom is 0.0615 e. The molecule has 0 atom stereocenters. The Balaban J connectivity index is 2.78. The molecule has 0 bridgehead atoms. The van der Waals surface area contributed by atoms with Gasteiger partial charge >= 0.3 is 0 Å². The lowest BCUT2D eigenvalue weighted by Crippen LogP contribution is -1.89. The highest BCUT2D eigenvalue weighted by Crippen LogP contribution is 2.18. The third-order valence-corrected chi connectivity index (χ3v) is 3.03. The molecular formula is C12H15BrO. The number of aryl methyl sites for hydroxylation is 1. The summed E-state index contributed by atoms with van der Waals surface area (Å²) in [6, 6.07) is 6.33. The predicted octanol–water partition coefficient (Wildman–Crippen LogP) is 3.24. The molecular weight excluding hydrogens is 240 g/mol. The van der Waals surface area contributed by atoms with E-state index in [0.29, 0.717) is 0 Å². The van der Waals surface area contributed by atoms with Crippen LogP contribution in [0.3, 0.4) is 0 Å². The molecule has 1 aromatic carbocycles. The summed E-state index contributed by atoms with van der Waals surface area (Å²) in [5.74, 6) is 0. The van der Waals surface area contributed by atoms with E-state index in [-0.39, 0.29) is 6.61 Å². The van der Waals surface area contributed by atoms with E-state index in [2.05, 4.69) is 41.1 Å². The van der Waals surface area contributed by atoms with E-state index >= 15 is 0 Å². The second kappa shape index (κ2) is 5.32. The molecule has 0 radical (unpaired) electrons. The lowest BCUT2D eigenvalue weighted by Gasteiger charge is -2.04. The summed E-state index contributed by atoms with van der Waals surface area (Å²) < 4.78 is 1.14. The van der Waals surface area contributed by atoms with Crippen molar-refractivity contribution in [2.45, 2.75) is 20.3 Å². The van der Waals surface area contributed by atoms with Gasteiger partial charge in [0.15, 0.2) is 0 Å². The van der Waals surface area contributed by atoms with Crippen molar-refractivity contribution in [1.82, 2.24) is 0 Å². The summed E-state index contributed by atoms with van der Waals surface area (Å²) in [5, 5.41) is 8.73. The normalized spacial score (nSPS) is 11.9. The summed E-state index contributed by atoms with van der Waals surface area (Å²) >= 11 is 3.47. The second-order valence-corrected chi connectivity index (χ2v) is 4.35. The van der Waals surface area contributed by atoms with Crippen LogP contribution in [0.4, 0.5) is 0 Å². The highest BCUT2D eigenvalue weighted by atomic mass is 79.9. The first kappa shape index (κ1) is 11.5. The summed E-state index contributed by atoms with van der Waals surface area (Å²) in [4.78, 5) is 0. The molecule has 0 unspecified atom stereocenters. The smallest absolute Gasteiger partial charge is 0.0615 e. The van der Waals surface area contributed by atoms with Crippen molar-refractivity contribution in [1.29, 1.82) is 0 Å². The summed E-state index contributed by atoms with van der Waals surface area (Å²) in [5.41, 5.74) is 3.74. The van der Waals surface area contributed by atoms with Gasteiger partial charge in [0.2, 0.25) is 0 Å². The average Bonchev–Trinajstić information content (AvgIpc) is 2.12. The molecule has 1 N–H and O–H groups in total. The number of rotatable bonds is 3. The third kappa shape index (κ3) is 3.28. The van der Waals surface area contributed by atoms with E-state index in [1.54, 1.807) is 0 Å². The lowest BCUT2D eigenvalue weighted by molar-refractivity contribution is 0.341.